The smallest absolute Gasteiger partial charge is 0.191 e. The van der Waals surface area contributed by atoms with E-state index in [0.717, 1.165) is 52.2 Å². The van der Waals surface area contributed by atoms with Crippen LogP contribution in [0.15, 0.2) is 23.2 Å². The molecular formula is C21H33Cl2IN4O2. The number of likely N-dealkylation sites (tertiary alicyclic amines) is 1. The van der Waals surface area contributed by atoms with E-state index in [1.165, 1.54) is 12.8 Å². The standard InChI is InChI=1S/C21H32Cl2N4O2.HI/c1-2-24-20(25-14-19(28)16-11-17(22)13-18(23)12-16)26-15-21(5-9-29-10-6-21)27-7-3-4-8-27;/h11-13,19,28H,2-10,14-15H2,1H3,(H2,24,25,26);1H. The van der Waals surface area contributed by atoms with Gasteiger partial charge < -0.3 is 20.5 Å². The number of aliphatic imine (C=N–C) groups is 1. The Balaban J connectivity index is 0.00000320. The van der Waals surface area contributed by atoms with Crippen LogP contribution >= 0.6 is 47.2 Å². The number of aliphatic hydroxyl groups excluding tert-OH is 1. The third-order valence-corrected chi connectivity index (χ3v) is 6.25. The summed E-state index contributed by atoms with van der Waals surface area (Å²) >= 11 is 12.1. The second-order valence-corrected chi connectivity index (χ2v) is 8.70. The van der Waals surface area contributed by atoms with E-state index in [-0.39, 0.29) is 29.5 Å². The van der Waals surface area contributed by atoms with Crippen molar-refractivity contribution in [3.63, 3.8) is 0 Å². The van der Waals surface area contributed by atoms with Gasteiger partial charge in [0.2, 0.25) is 0 Å². The molecule has 0 radical (unpaired) electrons. The van der Waals surface area contributed by atoms with Gasteiger partial charge in [-0.05, 0) is 69.5 Å². The Morgan fingerprint density at radius 1 is 1.17 bits per heavy atom. The lowest BCUT2D eigenvalue weighted by molar-refractivity contribution is -0.0139. The van der Waals surface area contributed by atoms with Gasteiger partial charge in [-0.15, -0.1) is 24.0 Å². The Hall–Kier alpha value is -0.320. The number of ether oxygens (including phenoxy) is 1. The summed E-state index contributed by atoms with van der Waals surface area (Å²) in [5, 5.41) is 18.1. The number of rotatable bonds is 7. The first-order chi connectivity index (χ1) is 14.0. The molecule has 9 heteroatoms. The SMILES string of the molecule is CCNC(=NCC1(N2CCCC2)CCOCC1)NCC(O)c1cc(Cl)cc(Cl)c1.I. The van der Waals surface area contributed by atoms with E-state index in [9.17, 15) is 5.11 Å². The molecule has 6 nitrogen and oxygen atoms in total. The molecule has 0 aromatic heterocycles. The lowest BCUT2D eigenvalue weighted by Gasteiger charge is -2.43. The third-order valence-electron chi connectivity index (χ3n) is 5.81. The predicted octanol–water partition coefficient (Wildman–Crippen LogP) is 3.84. The normalized spacial score (nSPS) is 20.5. The Morgan fingerprint density at radius 2 is 1.80 bits per heavy atom. The Morgan fingerprint density at radius 3 is 2.40 bits per heavy atom. The van der Waals surface area contributed by atoms with Gasteiger partial charge in [0.25, 0.3) is 0 Å². The first kappa shape index (κ1) is 25.9. The van der Waals surface area contributed by atoms with Crippen LogP contribution in [0.3, 0.4) is 0 Å². The van der Waals surface area contributed by atoms with Crippen LogP contribution in [0.25, 0.3) is 0 Å². The molecule has 3 rings (SSSR count). The number of halogens is 3. The van der Waals surface area contributed by atoms with Gasteiger partial charge in [0.1, 0.15) is 0 Å². The minimum atomic E-state index is -0.731. The van der Waals surface area contributed by atoms with E-state index in [1.54, 1.807) is 18.2 Å². The highest BCUT2D eigenvalue weighted by Crippen LogP contribution is 2.31. The molecule has 2 fully saturated rings. The van der Waals surface area contributed by atoms with Crippen LogP contribution in [0.1, 0.15) is 44.3 Å². The zero-order valence-electron chi connectivity index (χ0n) is 17.5. The number of benzene rings is 1. The van der Waals surface area contributed by atoms with E-state index in [4.69, 9.17) is 32.9 Å². The molecule has 1 aromatic carbocycles. The number of hydrogen-bond donors (Lipinski definition) is 3. The third kappa shape index (κ3) is 7.10. The first-order valence-electron chi connectivity index (χ1n) is 10.5. The summed E-state index contributed by atoms with van der Waals surface area (Å²) in [4.78, 5) is 7.49. The molecule has 0 spiro atoms. The van der Waals surface area contributed by atoms with Gasteiger partial charge in [-0.2, -0.15) is 0 Å². The van der Waals surface area contributed by atoms with Gasteiger partial charge in [-0.1, -0.05) is 23.2 Å². The molecular weight excluding hydrogens is 538 g/mol. The lowest BCUT2D eigenvalue weighted by atomic mass is 9.88. The summed E-state index contributed by atoms with van der Waals surface area (Å²) in [6, 6.07) is 5.12. The Labute approximate surface area is 206 Å². The lowest BCUT2D eigenvalue weighted by Crippen LogP contribution is -2.54. The van der Waals surface area contributed by atoms with Crippen LogP contribution < -0.4 is 10.6 Å². The number of guanidine groups is 1. The van der Waals surface area contributed by atoms with Crippen molar-refractivity contribution in [1.29, 1.82) is 0 Å². The first-order valence-corrected chi connectivity index (χ1v) is 11.3. The molecule has 3 N–H and O–H groups in total. The highest BCUT2D eigenvalue weighted by atomic mass is 127. The molecule has 2 heterocycles. The Kier molecular flexibility index (Phi) is 10.9. The molecule has 0 saturated carbocycles. The highest BCUT2D eigenvalue weighted by Gasteiger charge is 2.39. The van der Waals surface area contributed by atoms with E-state index >= 15 is 0 Å². The largest absolute Gasteiger partial charge is 0.387 e. The molecule has 0 aliphatic carbocycles. The van der Waals surface area contributed by atoms with E-state index < -0.39 is 6.10 Å². The maximum Gasteiger partial charge on any atom is 0.191 e. The minimum absolute atomic E-state index is 0. The monoisotopic (exact) mass is 570 g/mol. The van der Waals surface area contributed by atoms with Gasteiger partial charge in [-0.3, -0.25) is 9.89 Å². The van der Waals surface area contributed by atoms with Crippen molar-refractivity contribution in [1.82, 2.24) is 15.5 Å². The van der Waals surface area contributed by atoms with Crippen molar-refractivity contribution in [3.05, 3.63) is 33.8 Å². The second-order valence-electron chi connectivity index (χ2n) is 7.83. The number of nitrogens with one attached hydrogen (secondary N) is 2. The van der Waals surface area contributed by atoms with Crippen molar-refractivity contribution in [3.8, 4) is 0 Å². The molecule has 30 heavy (non-hydrogen) atoms. The van der Waals surface area contributed by atoms with E-state index in [0.29, 0.717) is 28.1 Å². The molecule has 2 aliphatic heterocycles. The van der Waals surface area contributed by atoms with Gasteiger partial charge in [0.15, 0.2) is 5.96 Å². The van der Waals surface area contributed by atoms with Crippen molar-refractivity contribution in [2.45, 2.75) is 44.2 Å². The van der Waals surface area contributed by atoms with Gasteiger partial charge in [0.05, 0.1) is 12.6 Å². The topological polar surface area (TPSA) is 69.1 Å². The van der Waals surface area contributed by atoms with Crippen LogP contribution in [0.2, 0.25) is 10.0 Å². The van der Waals surface area contributed by atoms with Crippen LogP contribution in [-0.2, 0) is 4.74 Å². The van der Waals surface area contributed by atoms with Crippen LogP contribution in [-0.4, -0.2) is 67.4 Å². The summed E-state index contributed by atoms with van der Waals surface area (Å²) in [6.07, 6.45) is 3.82. The fraction of sp³-hybridized carbons (Fsp3) is 0.667. The molecule has 2 saturated heterocycles. The van der Waals surface area contributed by atoms with E-state index in [2.05, 4.69) is 15.5 Å². The fourth-order valence-corrected chi connectivity index (χ4v) is 4.71. The summed E-state index contributed by atoms with van der Waals surface area (Å²) < 4.78 is 5.62. The number of hydrogen-bond acceptors (Lipinski definition) is 4. The van der Waals surface area contributed by atoms with Crippen molar-refractivity contribution >= 4 is 53.1 Å². The number of nitrogens with zero attached hydrogens (tertiary/aromatic N) is 2. The summed E-state index contributed by atoms with van der Waals surface area (Å²) in [6.45, 7) is 7.73. The molecule has 1 atom stereocenters. The molecule has 1 unspecified atom stereocenters. The average Bonchev–Trinajstić information content (AvgIpc) is 3.25. The van der Waals surface area contributed by atoms with Crippen LogP contribution in [0, 0.1) is 0 Å². The highest BCUT2D eigenvalue weighted by molar-refractivity contribution is 14.0. The van der Waals surface area contributed by atoms with Gasteiger partial charge in [-0.25, -0.2) is 0 Å². The van der Waals surface area contributed by atoms with Crippen molar-refractivity contribution in [2.75, 3.05) is 45.9 Å². The Bertz CT molecular complexity index is 675. The second kappa shape index (κ2) is 12.6. The van der Waals surface area contributed by atoms with Crippen LogP contribution in [0.5, 0.6) is 0 Å². The van der Waals surface area contributed by atoms with Gasteiger partial charge in [0, 0.05) is 41.9 Å². The summed E-state index contributed by atoms with van der Waals surface area (Å²) in [5.41, 5.74) is 0.764. The minimum Gasteiger partial charge on any atom is -0.387 e. The summed E-state index contributed by atoms with van der Waals surface area (Å²) in [5.74, 6) is 0.713. The molecule has 2 aliphatic rings. The molecule has 1 aromatic rings. The molecule has 170 valence electrons. The zero-order valence-corrected chi connectivity index (χ0v) is 21.3. The van der Waals surface area contributed by atoms with Crippen molar-refractivity contribution in [2.24, 2.45) is 4.99 Å². The fourth-order valence-electron chi connectivity index (χ4n) is 4.16. The summed E-state index contributed by atoms with van der Waals surface area (Å²) in [7, 11) is 0. The van der Waals surface area contributed by atoms with Crippen LogP contribution in [0.4, 0.5) is 0 Å². The van der Waals surface area contributed by atoms with Crippen molar-refractivity contribution < 1.29 is 9.84 Å². The maximum atomic E-state index is 10.5. The average molecular weight is 571 g/mol. The maximum absolute atomic E-state index is 10.5. The van der Waals surface area contributed by atoms with Gasteiger partial charge >= 0.3 is 0 Å². The zero-order chi connectivity index (χ0) is 20.7. The quantitative estimate of drug-likeness (QED) is 0.264. The molecule has 0 bridgehead atoms. The number of aliphatic hydroxyl groups is 1. The van der Waals surface area contributed by atoms with E-state index in [1.807, 2.05) is 6.92 Å². The molecule has 0 amide bonds. The predicted molar refractivity (Wildman–Crippen MR) is 134 cm³/mol.